The van der Waals surface area contributed by atoms with Gasteiger partial charge in [0, 0.05) is 21.7 Å². The Labute approximate surface area is 149 Å². The van der Waals surface area contributed by atoms with Gasteiger partial charge in [0.25, 0.3) is 11.6 Å². The second kappa shape index (κ2) is 8.10. The van der Waals surface area contributed by atoms with Gasteiger partial charge in [-0.15, -0.1) is 0 Å². The van der Waals surface area contributed by atoms with Gasteiger partial charge in [0.2, 0.25) is 0 Å². The van der Waals surface area contributed by atoms with E-state index in [1.165, 1.54) is 18.2 Å². The first kappa shape index (κ1) is 18.2. The Morgan fingerprint density at radius 3 is 2.58 bits per heavy atom. The molecule has 24 heavy (non-hydrogen) atoms. The van der Waals surface area contributed by atoms with Crippen molar-refractivity contribution in [2.24, 2.45) is 0 Å². The number of anilines is 1. The molecular formula is C16H16Cl2N3O3+. The maximum atomic E-state index is 12.1. The molecule has 0 heterocycles. The minimum atomic E-state index is -0.561. The van der Waals surface area contributed by atoms with Gasteiger partial charge in [-0.25, -0.2) is 0 Å². The normalized spacial score (nSPS) is 11.8. The van der Waals surface area contributed by atoms with Gasteiger partial charge in [-0.2, -0.15) is 0 Å². The molecule has 2 rings (SSSR count). The molecule has 1 amide bonds. The Morgan fingerprint density at radius 1 is 1.21 bits per heavy atom. The van der Waals surface area contributed by atoms with Crippen LogP contribution in [0, 0.1) is 10.1 Å². The number of nitro benzene ring substituents is 1. The Hall–Kier alpha value is -2.15. The highest BCUT2D eigenvalue weighted by atomic mass is 35.5. The number of nitrogens with one attached hydrogen (secondary N) is 2. The molecule has 2 aromatic rings. The van der Waals surface area contributed by atoms with E-state index in [-0.39, 0.29) is 23.8 Å². The van der Waals surface area contributed by atoms with Gasteiger partial charge < -0.3 is 10.2 Å². The van der Waals surface area contributed by atoms with Crippen LogP contribution in [-0.4, -0.2) is 24.4 Å². The summed E-state index contributed by atoms with van der Waals surface area (Å²) in [5.74, 6) is -0.333. The zero-order valence-corrected chi connectivity index (χ0v) is 14.4. The van der Waals surface area contributed by atoms with Gasteiger partial charge in [0.15, 0.2) is 6.54 Å². The minimum absolute atomic E-state index is 0.0908. The van der Waals surface area contributed by atoms with E-state index in [1.807, 2.05) is 25.2 Å². The first-order valence-corrected chi connectivity index (χ1v) is 7.90. The summed E-state index contributed by atoms with van der Waals surface area (Å²) >= 11 is 11.8. The van der Waals surface area contributed by atoms with Crippen LogP contribution < -0.4 is 10.2 Å². The average Bonchev–Trinajstić information content (AvgIpc) is 2.46. The fraction of sp³-hybridized carbons (Fsp3) is 0.188. The summed E-state index contributed by atoms with van der Waals surface area (Å²) in [6.45, 7) is 0.752. The van der Waals surface area contributed by atoms with E-state index in [9.17, 15) is 14.9 Å². The number of likely N-dealkylation sites (N-methyl/N-ethyl adjacent to an activating group) is 1. The number of amides is 1. The largest absolute Gasteiger partial charge is 0.326 e. The fourth-order valence-corrected chi connectivity index (χ4v) is 2.68. The minimum Gasteiger partial charge on any atom is -0.326 e. The molecule has 126 valence electrons. The molecule has 0 bridgehead atoms. The molecule has 0 aromatic heterocycles. The van der Waals surface area contributed by atoms with Crippen LogP contribution in [-0.2, 0) is 11.3 Å². The van der Waals surface area contributed by atoms with Crippen LogP contribution in [0.2, 0.25) is 10.0 Å². The Balaban J connectivity index is 2.00. The highest BCUT2D eigenvalue weighted by Crippen LogP contribution is 2.27. The number of benzene rings is 2. The van der Waals surface area contributed by atoms with E-state index in [2.05, 4.69) is 5.32 Å². The van der Waals surface area contributed by atoms with Gasteiger partial charge >= 0.3 is 0 Å². The molecule has 0 saturated carbocycles. The number of hydrogen-bond donors (Lipinski definition) is 2. The third-order valence-electron chi connectivity index (χ3n) is 3.29. The fourth-order valence-electron chi connectivity index (χ4n) is 2.29. The molecule has 1 unspecified atom stereocenters. The van der Waals surface area contributed by atoms with E-state index in [4.69, 9.17) is 23.2 Å². The molecule has 6 nitrogen and oxygen atoms in total. The van der Waals surface area contributed by atoms with Crippen LogP contribution in [0.3, 0.4) is 0 Å². The van der Waals surface area contributed by atoms with Crippen molar-refractivity contribution in [1.82, 2.24) is 0 Å². The number of carbonyl (C=O) groups excluding carboxylic acids is 1. The molecule has 1 atom stereocenters. The number of carbonyl (C=O) groups is 1. The third kappa shape index (κ3) is 5.19. The summed E-state index contributed by atoms with van der Waals surface area (Å²) < 4.78 is 0. The molecule has 8 heteroatoms. The second-order valence-electron chi connectivity index (χ2n) is 5.41. The maximum absolute atomic E-state index is 12.1. The number of hydrogen-bond acceptors (Lipinski definition) is 3. The van der Waals surface area contributed by atoms with E-state index >= 15 is 0 Å². The second-order valence-corrected chi connectivity index (χ2v) is 6.28. The Bertz CT molecular complexity index is 768. The lowest BCUT2D eigenvalue weighted by molar-refractivity contribution is -0.885. The quantitative estimate of drug-likeness (QED) is 0.607. The zero-order chi connectivity index (χ0) is 17.7. The van der Waals surface area contributed by atoms with Crippen molar-refractivity contribution in [3.63, 3.8) is 0 Å². The standard InChI is InChI=1S/C16H15Cl2N3O3/c1-20(9-11-3-2-4-12(17)7-11)10-16(22)19-14-8-13(18)5-6-15(14)21(23)24/h2-8H,9-10H2,1H3,(H,19,22)/p+1. The van der Waals surface area contributed by atoms with E-state index in [1.54, 1.807) is 6.07 Å². The highest BCUT2D eigenvalue weighted by molar-refractivity contribution is 6.31. The molecular weight excluding hydrogens is 353 g/mol. The number of nitro groups is 1. The molecule has 0 aliphatic carbocycles. The van der Waals surface area contributed by atoms with E-state index < -0.39 is 4.92 Å². The molecule has 0 saturated heterocycles. The summed E-state index contributed by atoms with van der Waals surface area (Å²) in [6.07, 6.45) is 0. The van der Waals surface area contributed by atoms with Crippen LogP contribution in [0.5, 0.6) is 0 Å². The zero-order valence-electron chi connectivity index (χ0n) is 12.9. The molecule has 2 aromatic carbocycles. The number of nitrogens with zero attached hydrogens (tertiary/aromatic N) is 1. The van der Waals surface area contributed by atoms with Crippen molar-refractivity contribution in [2.45, 2.75) is 6.54 Å². The smallest absolute Gasteiger partial charge is 0.292 e. The van der Waals surface area contributed by atoms with Crippen molar-refractivity contribution < 1.29 is 14.6 Å². The molecule has 0 radical (unpaired) electrons. The molecule has 0 fully saturated rings. The Morgan fingerprint density at radius 2 is 1.92 bits per heavy atom. The topological polar surface area (TPSA) is 76.7 Å². The average molecular weight is 369 g/mol. The maximum Gasteiger partial charge on any atom is 0.292 e. The van der Waals surface area contributed by atoms with Crippen LogP contribution in [0.15, 0.2) is 42.5 Å². The molecule has 0 aliphatic rings. The van der Waals surface area contributed by atoms with Crippen LogP contribution in [0.4, 0.5) is 11.4 Å². The lowest BCUT2D eigenvalue weighted by Crippen LogP contribution is -3.08. The van der Waals surface area contributed by atoms with Crippen molar-refractivity contribution in [2.75, 3.05) is 18.9 Å². The number of halogens is 2. The van der Waals surface area contributed by atoms with Crippen molar-refractivity contribution in [1.29, 1.82) is 0 Å². The summed E-state index contributed by atoms with van der Waals surface area (Å²) in [5, 5.41) is 14.5. The van der Waals surface area contributed by atoms with Gasteiger partial charge in [-0.3, -0.25) is 14.9 Å². The highest BCUT2D eigenvalue weighted by Gasteiger charge is 2.18. The predicted octanol–water partition coefficient (Wildman–Crippen LogP) is 2.56. The summed E-state index contributed by atoms with van der Waals surface area (Å²) in [5.41, 5.74) is 0.898. The SMILES string of the molecule is C[NH+](CC(=O)Nc1cc(Cl)ccc1[N+](=O)[O-])Cc1cccc(Cl)c1. The van der Waals surface area contributed by atoms with Crippen molar-refractivity contribution in [3.05, 3.63) is 68.2 Å². The van der Waals surface area contributed by atoms with Crippen LogP contribution >= 0.6 is 23.2 Å². The van der Waals surface area contributed by atoms with Crippen molar-refractivity contribution >= 4 is 40.5 Å². The van der Waals surface area contributed by atoms with Gasteiger partial charge in [-0.1, -0.05) is 35.3 Å². The first-order valence-electron chi connectivity index (χ1n) is 7.14. The molecule has 0 aliphatic heterocycles. The van der Waals surface area contributed by atoms with Crippen molar-refractivity contribution in [3.8, 4) is 0 Å². The summed E-state index contributed by atoms with van der Waals surface area (Å²) in [6, 6.07) is 11.4. The van der Waals surface area contributed by atoms with Gasteiger partial charge in [-0.05, 0) is 24.3 Å². The van der Waals surface area contributed by atoms with Gasteiger partial charge in [0.1, 0.15) is 12.2 Å². The van der Waals surface area contributed by atoms with Gasteiger partial charge in [0.05, 0.1) is 12.0 Å². The molecule has 2 N–H and O–H groups in total. The van der Waals surface area contributed by atoms with Crippen LogP contribution in [0.1, 0.15) is 5.56 Å². The van der Waals surface area contributed by atoms with E-state index in [0.717, 1.165) is 10.5 Å². The summed E-state index contributed by atoms with van der Waals surface area (Å²) in [4.78, 5) is 23.5. The summed E-state index contributed by atoms with van der Waals surface area (Å²) in [7, 11) is 1.85. The third-order valence-corrected chi connectivity index (χ3v) is 3.76. The lowest BCUT2D eigenvalue weighted by atomic mass is 10.2. The lowest BCUT2D eigenvalue weighted by Gasteiger charge is -2.14. The number of rotatable bonds is 6. The Kier molecular flexibility index (Phi) is 6.14. The van der Waals surface area contributed by atoms with Crippen LogP contribution in [0.25, 0.3) is 0 Å². The predicted molar refractivity (Wildman–Crippen MR) is 93.6 cm³/mol. The monoisotopic (exact) mass is 368 g/mol. The molecule has 0 spiro atoms. The number of quaternary nitrogens is 1. The van der Waals surface area contributed by atoms with E-state index in [0.29, 0.717) is 16.6 Å². The first-order chi connectivity index (χ1) is 11.3.